The standard InChI is InChI=1S/C7H6ClN5O/c8-1-5(14)13-7-4(2-12-13)6(9)10-3-11-7/h2-3H,1H2,(H2,9,10,11). The summed E-state index contributed by atoms with van der Waals surface area (Å²) >= 11 is 5.40. The zero-order valence-corrected chi connectivity index (χ0v) is 7.77. The van der Waals surface area contributed by atoms with Gasteiger partial charge in [-0.05, 0) is 0 Å². The lowest BCUT2D eigenvalue weighted by Crippen LogP contribution is -2.13. The molecular weight excluding hydrogens is 206 g/mol. The van der Waals surface area contributed by atoms with E-state index in [-0.39, 0.29) is 11.8 Å². The van der Waals surface area contributed by atoms with Crippen molar-refractivity contribution in [3.8, 4) is 0 Å². The molecule has 0 unspecified atom stereocenters. The number of aromatic nitrogens is 4. The Bertz CT molecular complexity index is 494. The second kappa shape index (κ2) is 3.22. The molecule has 0 aromatic carbocycles. The Morgan fingerprint density at radius 1 is 1.57 bits per heavy atom. The third-order valence-electron chi connectivity index (χ3n) is 1.75. The summed E-state index contributed by atoms with van der Waals surface area (Å²) in [6, 6.07) is 0. The van der Waals surface area contributed by atoms with Gasteiger partial charge in [0.15, 0.2) is 5.65 Å². The molecule has 2 heterocycles. The Morgan fingerprint density at radius 2 is 2.36 bits per heavy atom. The maximum Gasteiger partial charge on any atom is 0.263 e. The van der Waals surface area contributed by atoms with Gasteiger partial charge in [0.05, 0.1) is 11.6 Å². The average molecular weight is 212 g/mol. The molecule has 14 heavy (non-hydrogen) atoms. The van der Waals surface area contributed by atoms with Crippen LogP contribution in [0.2, 0.25) is 0 Å². The molecule has 72 valence electrons. The fraction of sp³-hybridized carbons (Fsp3) is 0.143. The lowest BCUT2D eigenvalue weighted by atomic mass is 10.4. The first-order valence-corrected chi connectivity index (χ1v) is 4.31. The van der Waals surface area contributed by atoms with E-state index in [2.05, 4.69) is 15.1 Å². The van der Waals surface area contributed by atoms with Gasteiger partial charge in [0.25, 0.3) is 5.91 Å². The smallest absolute Gasteiger partial charge is 0.263 e. The molecule has 2 aromatic rings. The van der Waals surface area contributed by atoms with Crippen molar-refractivity contribution in [3.05, 3.63) is 12.5 Å². The summed E-state index contributed by atoms with van der Waals surface area (Å²) in [5.74, 6) is -0.205. The molecular formula is C7H6ClN5O. The Labute approximate surface area is 83.7 Å². The van der Waals surface area contributed by atoms with Crippen LogP contribution in [0.4, 0.5) is 5.82 Å². The van der Waals surface area contributed by atoms with Crippen LogP contribution in [0, 0.1) is 0 Å². The van der Waals surface area contributed by atoms with Gasteiger partial charge >= 0.3 is 0 Å². The van der Waals surface area contributed by atoms with Gasteiger partial charge in [-0.3, -0.25) is 4.79 Å². The summed E-state index contributed by atoms with van der Waals surface area (Å²) in [4.78, 5) is 18.9. The number of hydrogen-bond acceptors (Lipinski definition) is 5. The van der Waals surface area contributed by atoms with Gasteiger partial charge in [0, 0.05) is 0 Å². The average Bonchev–Trinajstić information content (AvgIpc) is 2.62. The summed E-state index contributed by atoms with van der Waals surface area (Å²) in [7, 11) is 0. The number of alkyl halides is 1. The van der Waals surface area contributed by atoms with E-state index in [1.54, 1.807) is 0 Å². The number of carbonyl (C=O) groups is 1. The van der Waals surface area contributed by atoms with Crippen molar-refractivity contribution in [2.45, 2.75) is 0 Å². The highest BCUT2D eigenvalue weighted by atomic mass is 35.5. The molecule has 0 saturated carbocycles. The molecule has 2 aromatic heterocycles. The van der Waals surface area contributed by atoms with Crippen LogP contribution < -0.4 is 5.73 Å². The molecule has 0 bridgehead atoms. The molecule has 0 saturated heterocycles. The van der Waals surface area contributed by atoms with E-state index in [0.717, 1.165) is 4.68 Å². The first-order chi connectivity index (χ1) is 6.74. The van der Waals surface area contributed by atoms with Crippen molar-refractivity contribution < 1.29 is 4.79 Å². The van der Waals surface area contributed by atoms with E-state index in [1.165, 1.54) is 12.5 Å². The number of carbonyl (C=O) groups excluding carboxylic acids is 1. The highest BCUT2D eigenvalue weighted by molar-refractivity contribution is 6.27. The van der Waals surface area contributed by atoms with E-state index in [0.29, 0.717) is 16.9 Å². The first-order valence-electron chi connectivity index (χ1n) is 3.77. The summed E-state index contributed by atoms with van der Waals surface area (Å²) in [5, 5.41) is 4.37. The van der Waals surface area contributed by atoms with E-state index >= 15 is 0 Å². The third kappa shape index (κ3) is 1.20. The number of anilines is 1. The number of nitrogens with zero attached hydrogens (tertiary/aromatic N) is 4. The van der Waals surface area contributed by atoms with Crippen LogP contribution in [0.15, 0.2) is 12.5 Å². The van der Waals surface area contributed by atoms with Crippen molar-refractivity contribution in [1.29, 1.82) is 0 Å². The molecule has 0 spiro atoms. The molecule has 0 aliphatic heterocycles. The second-order valence-electron chi connectivity index (χ2n) is 2.58. The maximum absolute atomic E-state index is 11.3. The number of hydrogen-bond donors (Lipinski definition) is 1. The minimum Gasteiger partial charge on any atom is -0.383 e. The van der Waals surface area contributed by atoms with Crippen LogP contribution in [-0.4, -0.2) is 31.5 Å². The van der Waals surface area contributed by atoms with Gasteiger partial charge in [0.1, 0.15) is 18.0 Å². The zero-order chi connectivity index (χ0) is 10.1. The van der Waals surface area contributed by atoms with Gasteiger partial charge in [-0.25, -0.2) is 9.97 Å². The van der Waals surface area contributed by atoms with Crippen molar-refractivity contribution in [3.63, 3.8) is 0 Å². The summed E-state index contributed by atoms with van der Waals surface area (Å²) in [6.07, 6.45) is 2.71. The molecule has 7 heteroatoms. The third-order valence-corrected chi connectivity index (χ3v) is 1.98. The lowest BCUT2D eigenvalue weighted by Gasteiger charge is -1.97. The minimum absolute atomic E-state index is 0.152. The highest BCUT2D eigenvalue weighted by Crippen LogP contribution is 2.14. The predicted molar refractivity (Wildman–Crippen MR) is 51.1 cm³/mol. The van der Waals surface area contributed by atoms with Gasteiger partial charge in [-0.15, -0.1) is 11.6 Å². The molecule has 2 rings (SSSR count). The van der Waals surface area contributed by atoms with Gasteiger partial charge in [-0.1, -0.05) is 0 Å². The van der Waals surface area contributed by atoms with E-state index in [9.17, 15) is 4.79 Å². The van der Waals surface area contributed by atoms with Crippen molar-refractivity contribution in [2.24, 2.45) is 0 Å². The topological polar surface area (TPSA) is 86.7 Å². The monoisotopic (exact) mass is 211 g/mol. The summed E-state index contributed by atoms with van der Waals surface area (Å²) < 4.78 is 1.11. The molecule has 6 nitrogen and oxygen atoms in total. The zero-order valence-electron chi connectivity index (χ0n) is 7.01. The Hall–Kier alpha value is -1.69. The van der Waals surface area contributed by atoms with Crippen LogP contribution in [0.1, 0.15) is 4.79 Å². The SMILES string of the molecule is Nc1ncnc2c1cnn2C(=O)CCl. The van der Waals surface area contributed by atoms with Gasteiger partial charge < -0.3 is 5.73 Å². The van der Waals surface area contributed by atoms with Gasteiger partial charge in [0.2, 0.25) is 0 Å². The fourth-order valence-corrected chi connectivity index (χ4v) is 1.21. The van der Waals surface area contributed by atoms with E-state index < -0.39 is 0 Å². The quantitative estimate of drug-likeness (QED) is 0.685. The fourth-order valence-electron chi connectivity index (χ4n) is 1.10. The van der Waals surface area contributed by atoms with Crippen LogP contribution >= 0.6 is 11.6 Å². The van der Waals surface area contributed by atoms with E-state index in [1.807, 2.05) is 0 Å². The number of nitrogen functional groups attached to an aromatic ring is 1. The van der Waals surface area contributed by atoms with Gasteiger partial charge in [-0.2, -0.15) is 9.78 Å². The molecule has 0 aliphatic carbocycles. The van der Waals surface area contributed by atoms with Crippen LogP contribution in [0.25, 0.3) is 11.0 Å². The van der Waals surface area contributed by atoms with Crippen molar-refractivity contribution >= 4 is 34.4 Å². The van der Waals surface area contributed by atoms with Crippen LogP contribution in [-0.2, 0) is 0 Å². The number of rotatable bonds is 1. The Kier molecular flexibility index (Phi) is 2.05. The second-order valence-corrected chi connectivity index (χ2v) is 2.85. The maximum atomic E-state index is 11.3. The molecule has 0 radical (unpaired) electrons. The number of nitrogens with two attached hydrogens (primary N) is 1. The predicted octanol–water partition coefficient (Wildman–Crippen LogP) is 0.287. The Balaban J connectivity index is 2.70. The molecule has 0 aliphatic rings. The first kappa shape index (κ1) is 8.89. The molecule has 2 N–H and O–H groups in total. The summed E-state index contributed by atoms with van der Waals surface area (Å²) in [5.41, 5.74) is 5.94. The number of fused-ring (bicyclic) bond motifs is 1. The normalized spacial score (nSPS) is 10.6. The van der Waals surface area contributed by atoms with Crippen LogP contribution in [0.5, 0.6) is 0 Å². The number of halogens is 1. The molecule has 0 atom stereocenters. The van der Waals surface area contributed by atoms with Crippen molar-refractivity contribution in [1.82, 2.24) is 19.7 Å². The molecule has 0 fully saturated rings. The lowest BCUT2D eigenvalue weighted by molar-refractivity contribution is 0.0930. The minimum atomic E-state index is -0.347. The van der Waals surface area contributed by atoms with E-state index in [4.69, 9.17) is 17.3 Å². The Morgan fingerprint density at radius 3 is 3.07 bits per heavy atom. The highest BCUT2D eigenvalue weighted by Gasteiger charge is 2.12. The summed E-state index contributed by atoms with van der Waals surface area (Å²) in [6.45, 7) is 0. The molecule has 0 amide bonds. The van der Waals surface area contributed by atoms with Crippen LogP contribution in [0.3, 0.4) is 0 Å². The largest absolute Gasteiger partial charge is 0.383 e. The van der Waals surface area contributed by atoms with Crippen molar-refractivity contribution in [2.75, 3.05) is 11.6 Å².